The molecule has 3 rings (SSSR count). The lowest BCUT2D eigenvalue weighted by Crippen LogP contribution is -2.31. The molecule has 1 heterocycles. The lowest BCUT2D eigenvalue weighted by molar-refractivity contribution is -0.124. The van der Waals surface area contributed by atoms with E-state index in [1.54, 1.807) is 45.2 Å². The number of carbonyl (C=O) groups excluding carboxylic acids is 2. The van der Waals surface area contributed by atoms with Gasteiger partial charge in [-0.15, -0.1) is 0 Å². The molecule has 7 nitrogen and oxygen atoms in total. The molecular formula is C23H23FN2O5. The molecule has 0 aliphatic rings. The van der Waals surface area contributed by atoms with Crippen LogP contribution in [0.15, 0.2) is 42.5 Å². The summed E-state index contributed by atoms with van der Waals surface area (Å²) in [6.07, 6.45) is 0. The van der Waals surface area contributed by atoms with E-state index in [0.717, 1.165) is 5.56 Å². The summed E-state index contributed by atoms with van der Waals surface area (Å²) in [6, 6.07) is 10.5. The summed E-state index contributed by atoms with van der Waals surface area (Å²) in [5.41, 5.74) is 1.77. The summed E-state index contributed by atoms with van der Waals surface area (Å²) >= 11 is 0. The monoisotopic (exact) mass is 426 g/mol. The van der Waals surface area contributed by atoms with Crippen molar-refractivity contribution >= 4 is 22.8 Å². The molecule has 3 aromatic rings. The number of hydrogen-bond donors (Lipinski definition) is 1. The highest BCUT2D eigenvalue weighted by Crippen LogP contribution is 2.29. The van der Waals surface area contributed by atoms with Crippen molar-refractivity contribution in [3.05, 3.63) is 65.1 Å². The van der Waals surface area contributed by atoms with Crippen LogP contribution in [0, 0.1) is 12.7 Å². The first-order chi connectivity index (χ1) is 14.8. The van der Waals surface area contributed by atoms with E-state index in [4.69, 9.17) is 14.2 Å². The Balaban J connectivity index is 1.66. The van der Waals surface area contributed by atoms with Crippen LogP contribution in [0.4, 0.5) is 4.39 Å². The second-order valence-electron chi connectivity index (χ2n) is 6.93. The van der Waals surface area contributed by atoms with E-state index in [2.05, 4.69) is 10.3 Å². The molecule has 0 fully saturated rings. The number of benzene rings is 2. The molecule has 8 heteroatoms. The number of halogens is 1. The van der Waals surface area contributed by atoms with Gasteiger partial charge in [0.25, 0.3) is 5.91 Å². The molecule has 1 aromatic heterocycles. The third-order valence-corrected chi connectivity index (χ3v) is 4.81. The maximum atomic E-state index is 13.4. The zero-order valence-electron chi connectivity index (χ0n) is 17.7. The lowest BCUT2D eigenvalue weighted by atomic mass is 10.1. The highest BCUT2D eigenvalue weighted by molar-refractivity contribution is 5.96. The van der Waals surface area contributed by atoms with E-state index >= 15 is 0 Å². The summed E-state index contributed by atoms with van der Waals surface area (Å²) < 4.78 is 29.1. The van der Waals surface area contributed by atoms with Crippen molar-refractivity contribution in [3.8, 4) is 11.5 Å². The molecule has 0 saturated carbocycles. The number of ether oxygens (including phenoxy) is 3. The number of pyridine rings is 1. The number of carbonyl (C=O) groups is 2. The van der Waals surface area contributed by atoms with Gasteiger partial charge in [0.1, 0.15) is 17.3 Å². The summed E-state index contributed by atoms with van der Waals surface area (Å²) in [4.78, 5) is 29.0. The van der Waals surface area contributed by atoms with Crippen LogP contribution in [0.3, 0.4) is 0 Å². The van der Waals surface area contributed by atoms with Gasteiger partial charge in [0.05, 0.1) is 37.0 Å². The normalized spacial score (nSPS) is 11.6. The summed E-state index contributed by atoms with van der Waals surface area (Å²) in [6.45, 7) is 2.95. The van der Waals surface area contributed by atoms with Crippen molar-refractivity contribution in [2.75, 3.05) is 20.8 Å². The number of hydrogen-bond acceptors (Lipinski definition) is 6. The third-order valence-electron chi connectivity index (χ3n) is 4.81. The highest BCUT2D eigenvalue weighted by Gasteiger charge is 2.18. The molecule has 0 aliphatic heterocycles. The zero-order valence-corrected chi connectivity index (χ0v) is 17.7. The van der Waals surface area contributed by atoms with Crippen molar-refractivity contribution in [2.45, 2.75) is 19.9 Å². The number of amides is 1. The van der Waals surface area contributed by atoms with E-state index < -0.39 is 30.3 Å². The van der Waals surface area contributed by atoms with Crippen molar-refractivity contribution in [1.29, 1.82) is 0 Å². The van der Waals surface area contributed by atoms with Gasteiger partial charge in [0, 0.05) is 17.0 Å². The maximum Gasteiger partial charge on any atom is 0.340 e. The number of fused-ring (bicyclic) bond motifs is 1. The quantitative estimate of drug-likeness (QED) is 0.580. The van der Waals surface area contributed by atoms with Gasteiger partial charge in [-0.05, 0) is 50.2 Å². The van der Waals surface area contributed by atoms with Gasteiger partial charge >= 0.3 is 5.97 Å². The number of methoxy groups -OCH3 is 2. The Labute approximate surface area is 179 Å². The van der Waals surface area contributed by atoms with Crippen LogP contribution in [-0.4, -0.2) is 37.7 Å². The van der Waals surface area contributed by atoms with Gasteiger partial charge in [0.15, 0.2) is 6.61 Å². The molecule has 162 valence electrons. The van der Waals surface area contributed by atoms with E-state index in [1.165, 1.54) is 25.3 Å². The van der Waals surface area contributed by atoms with Gasteiger partial charge in [-0.25, -0.2) is 9.18 Å². The standard InChI is InChI=1S/C23H23FN2O5/c1-13(18-11-17(29-3)7-8-21(18)30-4)26-22(27)12-31-23(28)19-9-15-5-6-16(24)10-20(15)25-14(19)2/h5-11,13H,12H2,1-4H3,(H,26,27). The smallest absolute Gasteiger partial charge is 0.340 e. The third kappa shape index (κ3) is 5.09. The van der Waals surface area contributed by atoms with Gasteiger partial charge in [-0.2, -0.15) is 0 Å². The first-order valence-corrected chi connectivity index (χ1v) is 9.57. The Morgan fingerprint density at radius 1 is 1.10 bits per heavy atom. The van der Waals surface area contributed by atoms with Crippen LogP contribution in [0.2, 0.25) is 0 Å². The molecule has 1 amide bonds. The fraction of sp³-hybridized carbons (Fsp3) is 0.261. The molecule has 0 saturated heterocycles. The molecule has 0 bridgehead atoms. The summed E-state index contributed by atoms with van der Waals surface area (Å²) in [7, 11) is 3.09. The van der Waals surface area contributed by atoms with E-state index in [1.807, 2.05) is 0 Å². The first-order valence-electron chi connectivity index (χ1n) is 9.57. The Hall–Kier alpha value is -3.68. The molecule has 1 N–H and O–H groups in total. The Morgan fingerprint density at radius 2 is 1.87 bits per heavy atom. The minimum absolute atomic E-state index is 0.217. The predicted molar refractivity (Wildman–Crippen MR) is 113 cm³/mol. The average molecular weight is 426 g/mol. The fourth-order valence-corrected chi connectivity index (χ4v) is 3.19. The molecular weight excluding hydrogens is 403 g/mol. The predicted octanol–water partition coefficient (Wildman–Crippen LogP) is 3.73. The lowest BCUT2D eigenvalue weighted by Gasteiger charge is -2.18. The zero-order chi connectivity index (χ0) is 22.5. The van der Waals surface area contributed by atoms with E-state index in [-0.39, 0.29) is 5.56 Å². The van der Waals surface area contributed by atoms with Crippen LogP contribution in [0.1, 0.15) is 34.6 Å². The van der Waals surface area contributed by atoms with Crippen molar-refractivity contribution in [2.24, 2.45) is 0 Å². The largest absolute Gasteiger partial charge is 0.497 e. The Morgan fingerprint density at radius 3 is 2.58 bits per heavy atom. The molecule has 1 atom stereocenters. The minimum Gasteiger partial charge on any atom is -0.497 e. The second kappa shape index (κ2) is 9.42. The average Bonchev–Trinajstić information content (AvgIpc) is 2.76. The van der Waals surface area contributed by atoms with Gasteiger partial charge in [-0.3, -0.25) is 9.78 Å². The van der Waals surface area contributed by atoms with Gasteiger partial charge in [-0.1, -0.05) is 0 Å². The van der Waals surface area contributed by atoms with Crippen LogP contribution in [-0.2, 0) is 9.53 Å². The summed E-state index contributed by atoms with van der Waals surface area (Å²) in [5.74, 6) is -0.340. The number of aryl methyl sites for hydroxylation is 1. The number of nitrogens with zero attached hydrogens (tertiary/aromatic N) is 1. The van der Waals surface area contributed by atoms with Crippen LogP contribution < -0.4 is 14.8 Å². The van der Waals surface area contributed by atoms with Crippen molar-refractivity contribution < 1.29 is 28.2 Å². The molecule has 0 spiro atoms. The summed E-state index contributed by atoms with van der Waals surface area (Å²) in [5, 5.41) is 3.37. The van der Waals surface area contributed by atoms with Crippen molar-refractivity contribution in [1.82, 2.24) is 10.3 Å². The first kappa shape index (κ1) is 22.0. The molecule has 1 unspecified atom stereocenters. The second-order valence-corrected chi connectivity index (χ2v) is 6.93. The van der Waals surface area contributed by atoms with Crippen LogP contribution in [0.25, 0.3) is 10.9 Å². The van der Waals surface area contributed by atoms with E-state index in [9.17, 15) is 14.0 Å². The molecule has 31 heavy (non-hydrogen) atoms. The number of esters is 1. The molecule has 2 aromatic carbocycles. The number of nitrogens with one attached hydrogen (secondary N) is 1. The Kier molecular flexibility index (Phi) is 6.69. The van der Waals surface area contributed by atoms with Crippen LogP contribution >= 0.6 is 0 Å². The van der Waals surface area contributed by atoms with E-state index in [0.29, 0.717) is 28.1 Å². The van der Waals surface area contributed by atoms with Gasteiger partial charge in [0.2, 0.25) is 0 Å². The SMILES string of the molecule is COc1ccc(OC)c(C(C)NC(=O)COC(=O)c2cc3ccc(F)cc3nc2C)c1. The Bertz CT molecular complexity index is 1130. The van der Waals surface area contributed by atoms with Crippen LogP contribution in [0.5, 0.6) is 11.5 Å². The fourth-order valence-electron chi connectivity index (χ4n) is 3.19. The number of rotatable bonds is 7. The molecule has 0 radical (unpaired) electrons. The van der Waals surface area contributed by atoms with Crippen molar-refractivity contribution in [3.63, 3.8) is 0 Å². The topological polar surface area (TPSA) is 86.8 Å². The minimum atomic E-state index is -0.682. The van der Waals surface area contributed by atoms with Gasteiger partial charge < -0.3 is 19.5 Å². The number of aromatic nitrogens is 1. The highest BCUT2D eigenvalue weighted by atomic mass is 19.1. The maximum absolute atomic E-state index is 13.4. The molecule has 0 aliphatic carbocycles.